The second-order valence-corrected chi connectivity index (χ2v) is 4.96. The van der Waals surface area contributed by atoms with Crippen molar-refractivity contribution in [1.82, 2.24) is 20.4 Å². The van der Waals surface area contributed by atoms with Crippen molar-refractivity contribution in [3.63, 3.8) is 0 Å². The summed E-state index contributed by atoms with van der Waals surface area (Å²) in [5.41, 5.74) is 0.859. The van der Waals surface area contributed by atoms with Crippen LogP contribution in [0.1, 0.15) is 18.9 Å². The summed E-state index contributed by atoms with van der Waals surface area (Å²) in [5.74, 6) is 0.919. The second-order valence-electron chi connectivity index (χ2n) is 4.96. The lowest BCUT2D eigenvalue weighted by Gasteiger charge is -2.31. The zero-order valence-electron chi connectivity index (χ0n) is 12.4. The number of amides is 2. The molecule has 22 heavy (non-hydrogen) atoms. The number of nitrogens with one attached hydrogen (secondary N) is 1. The molecule has 1 N–H and O–H groups in total. The molecule has 7 nitrogen and oxygen atoms in total. The molecular formula is C15H18N4O3. The summed E-state index contributed by atoms with van der Waals surface area (Å²) < 4.78 is 11.0. The second kappa shape index (κ2) is 6.57. The van der Waals surface area contributed by atoms with E-state index in [2.05, 4.69) is 15.5 Å². The average Bonchev–Trinajstić information content (AvgIpc) is 3.06. The Labute approximate surface area is 128 Å². The molecule has 0 aliphatic carbocycles. The fourth-order valence-corrected chi connectivity index (χ4v) is 2.32. The lowest BCUT2D eigenvalue weighted by Crippen LogP contribution is -2.47. The molecule has 1 fully saturated rings. The normalized spacial score (nSPS) is 18.2. The molecule has 1 aliphatic rings. The standard InChI is InChI=1S/C15H18N4O3/c1-2-16-15(20)19-8-9-21-12(10-19)13-17-14(22-18-13)11-6-4-3-5-7-11/h3-7,12H,2,8-10H2,1H3,(H,16,20)/t12-/m1/s1. The molecule has 1 aromatic carbocycles. The molecule has 2 amide bonds. The van der Waals surface area contributed by atoms with E-state index in [4.69, 9.17) is 9.26 Å². The molecule has 3 rings (SSSR count). The number of urea groups is 1. The van der Waals surface area contributed by atoms with Crippen LogP contribution in [0, 0.1) is 0 Å². The lowest BCUT2D eigenvalue weighted by molar-refractivity contribution is -0.0208. The maximum absolute atomic E-state index is 11.9. The van der Waals surface area contributed by atoms with Crippen LogP contribution in [0.25, 0.3) is 11.5 Å². The summed E-state index contributed by atoms with van der Waals surface area (Å²) in [7, 11) is 0. The number of carbonyl (C=O) groups is 1. The molecule has 2 heterocycles. The smallest absolute Gasteiger partial charge is 0.317 e. The minimum atomic E-state index is -0.363. The van der Waals surface area contributed by atoms with E-state index in [9.17, 15) is 4.79 Å². The first-order chi connectivity index (χ1) is 10.8. The minimum absolute atomic E-state index is 0.0948. The van der Waals surface area contributed by atoms with Crippen molar-refractivity contribution in [2.45, 2.75) is 13.0 Å². The largest absolute Gasteiger partial charge is 0.366 e. The van der Waals surface area contributed by atoms with E-state index < -0.39 is 0 Å². The highest BCUT2D eigenvalue weighted by Gasteiger charge is 2.28. The van der Waals surface area contributed by atoms with Gasteiger partial charge in [0.05, 0.1) is 13.2 Å². The number of benzene rings is 1. The molecule has 1 aliphatic heterocycles. The predicted octanol–water partition coefficient (Wildman–Crippen LogP) is 1.84. The van der Waals surface area contributed by atoms with Gasteiger partial charge in [-0.05, 0) is 19.1 Å². The first-order valence-electron chi connectivity index (χ1n) is 7.31. The van der Waals surface area contributed by atoms with Gasteiger partial charge in [0.25, 0.3) is 5.89 Å². The molecule has 2 aromatic rings. The van der Waals surface area contributed by atoms with Gasteiger partial charge in [0.1, 0.15) is 6.10 Å². The van der Waals surface area contributed by atoms with Gasteiger partial charge in [0.2, 0.25) is 5.82 Å². The number of hydrogen-bond acceptors (Lipinski definition) is 5. The van der Waals surface area contributed by atoms with Crippen LogP contribution in [0.2, 0.25) is 0 Å². The molecule has 0 bridgehead atoms. The van der Waals surface area contributed by atoms with Crippen LogP contribution < -0.4 is 5.32 Å². The van der Waals surface area contributed by atoms with Gasteiger partial charge in [0, 0.05) is 18.7 Å². The summed E-state index contributed by atoms with van der Waals surface area (Å²) in [6.07, 6.45) is -0.363. The number of aromatic nitrogens is 2. The highest BCUT2D eigenvalue weighted by atomic mass is 16.5. The van der Waals surface area contributed by atoms with Gasteiger partial charge < -0.3 is 19.5 Å². The number of nitrogens with zero attached hydrogens (tertiary/aromatic N) is 3. The third kappa shape index (κ3) is 3.09. The van der Waals surface area contributed by atoms with Crippen molar-refractivity contribution in [2.75, 3.05) is 26.2 Å². The van der Waals surface area contributed by atoms with Crippen molar-refractivity contribution in [3.8, 4) is 11.5 Å². The quantitative estimate of drug-likeness (QED) is 0.935. The molecular weight excluding hydrogens is 284 g/mol. The number of morpholine rings is 1. The van der Waals surface area contributed by atoms with Crippen molar-refractivity contribution in [3.05, 3.63) is 36.2 Å². The van der Waals surface area contributed by atoms with Crippen LogP contribution in [0.5, 0.6) is 0 Å². The Morgan fingerprint density at radius 3 is 3.00 bits per heavy atom. The number of carbonyl (C=O) groups excluding carboxylic acids is 1. The Morgan fingerprint density at radius 1 is 1.41 bits per heavy atom. The summed E-state index contributed by atoms with van der Waals surface area (Å²) in [5, 5.41) is 6.77. The van der Waals surface area contributed by atoms with E-state index in [0.717, 1.165) is 5.56 Å². The summed E-state index contributed by atoms with van der Waals surface area (Å²) in [6.45, 7) is 3.92. The first-order valence-corrected chi connectivity index (χ1v) is 7.31. The Balaban J connectivity index is 1.72. The molecule has 7 heteroatoms. The topological polar surface area (TPSA) is 80.5 Å². The molecule has 0 radical (unpaired) electrons. The summed E-state index contributed by atoms with van der Waals surface area (Å²) >= 11 is 0. The Bertz CT molecular complexity index is 629. The van der Waals surface area contributed by atoms with Crippen LogP contribution in [0.3, 0.4) is 0 Å². The van der Waals surface area contributed by atoms with Crippen LogP contribution >= 0.6 is 0 Å². The first kappa shape index (κ1) is 14.5. The Hall–Kier alpha value is -2.41. The summed E-state index contributed by atoms with van der Waals surface area (Å²) in [6, 6.07) is 9.46. The average molecular weight is 302 g/mol. The van der Waals surface area contributed by atoms with Gasteiger partial charge >= 0.3 is 6.03 Å². The lowest BCUT2D eigenvalue weighted by atomic mass is 10.2. The molecule has 1 atom stereocenters. The van der Waals surface area contributed by atoms with Crippen molar-refractivity contribution >= 4 is 6.03 Å². The van der Waals surface area contributed by atoms with E-state index in [1.54, 1.807) is 4.90 Å². The zero-order valence-corrected chi connectivity index (χ0v) is 12.4. The SMILES string of the molecule is CCNC(=O)N1CCO[C@@H](c2noc(-c3ccccc3)n2)C1. The van der Waals surface area contributed by atoms with Crippen molar-refractivity contribution in [2.24, 2.45) is 0 Å². The third-order valence-corrected chi connectivity index (χ3v) is 3.43. The maximum Gasteiger partial charge on any atom is 0.317 e. The number of ether oxygens (including phenoxy) is 1. The fourth-order valence-electron chi connectivity index (χ4n) is 2.32. The number of rotatable bonds is 3. The van der Waals surface area contributed by atoms with Crippen LogP contribution in [0.15, 0.2) is 34.9 Å². The van der Waals surface area contributed by atoms with Gasteiger partial charge in [-0.25, -0.2) is 4.79 Å². The molecule has 1 saturated heterocycles. The third-order valence-electron chi connectivity index (χ3n) is 3.43. The van der Waals surface area contributed by atoms with Crippen molar-refractivity contribution < 1.29 is 14.1 Å². The van der Waals surface area contributed by atoms with E-state index in [-0.39, 0.29) is 12.1 Å². The Morgan fingerprint density at radius 2 is 2.23 bits per heavy atom. The van der Waals surface area contributed by atoms with E-state index in [1.807, 2.05) is 37.3 Å². The zero-order chi connectivity index (χ0) is 15.4. The van der Waals surface area contributed by atoms with Crippen molar-refractivity contribution in [1.29, 1.82) is 0 Å². The Kier molecular flexibility index (Phi) is 4.34. The maximum atomic E-state index is 11.9. The van der Waals surface area contributed by atoms with Gasteiger partial charge in [0.15, 0.2) is 0 Å². The fraction of sp³-hybridized carbons (Fsp3) is 0.400. The molecule has 0 spiro atoms. The monoisotopic (exact) mass is 302 g/mol. The van der Waals surface area contributed by atoms with Crippen LogP contribution in [-0.2, 0) is 4.74 Å². The van der Waals surface area contributed by atoms with Gasteiger partial charge in [-0.1, -0.05) is 23.4 Å². The van der Waals surface area contributed by atoms with Gasteiger partial charge in [-0.15, -0.1) is 0 Å². The number of hydrogen-bond donors (Lipinski definition) is 1. The molecule has 0 saturated carbocycles. The molecule has 0 unspecified atom stereocenters. The van der Waals surface area contributed by atoms with E-state index in [0.29, 0.717) is 38.0 Å². The molecule has 116 valence electrons. The highest BCUT2D eigenvalue weighted by Crippen LogP contribution is 2.23. The van der Waals surface area contributed by atoms with E-state index >= 15 is 0 Å². The van der Waals surface area contributed by atoms with Gasteiger partial charge in [-0.2, -0.15) is 4.98 Å². The summed E-state index contributed by atoms with van der Waals surface area (Å²) in [4.78, 5) is 18.0. The minimum Gasteiger partial charge on any atom is -0.366 e. The van der Waals surface area contributed by atoms with Crippen LogP contribution in [-0.4, -0.2) is 47.3 Å². The highest BCUT2D eigenvalue weighted by molar-refractivity contribution is 5.74. The van der Waals surface area contributed by atoms with Gasteiger partial charge in [-0.3, -0.25) is 0 Å². The van der Waals surface area contributed by atoms with E-state index in [1.165, 1.54) is 0 Å². The molecule has 1 aromatic heterocycles. The predicted molar refractivity (Wildman–Crippen MR) is 79.1 cm³/mol. The van der Waals surface area contributed by atoms with Crippen LogP contribution in [0.4, 0.5) is 4.79 Å².